The van der Waals surface area contributed by atoms with E-state index in [1.807, 2.05) is 0 Å². The summed E-state index contributed by atoms with van der Waals surface area (Å²) in [6.07, 6.45) is -0.822. The van der Waals surface area contributed by atoms with Crippen molar-refractivity contribution in [3.05, 3.63) is 113 Å². The molecule has 38 heavy (non-hydrogen) atoms. The minimum Gasteiger partial charge on any atom is -0.507 e. The first-order chi connectivity index (χ1) is 18.4. The Morgan fingerprint density at radius 1 is 0.816 bits per heavy atom. The molecule has 5 rings (SSSR count). The van der Waals surface area contributed by atoms with Crippen LogP contribution in [0.1, 0.15) is 49.2 Å². The van der Waals surface area contributed by atoms with Gasteiger partial charge in [-0.2, -0.15) is 0 Å². The van der Waals surface area contributed by atoms with Gasteiger partial charge in [0.05, 0.1) is 24.7 Å². The molecule has 1 aliphatic heterocycles. The number of phenols is 1. The monoisotopic (exact) mass is 510 g/mol. The van der Waals surface area contributed by atoms with Crippen LogP contribution in [0.25, 0.3) is 0 Å². The highest BCUT2D eigenvalue weighted by Gasteiger charge is 2.32. The third-order valence-electron chi connectivity index (χ3n) is 5.97. The summed E-state index contributed by atoms with van der Waals surface area (Å²) in [6.45, 7) is 0. The van der Waals surface area contributed by atoms with Gasteiger partial charge < -0.3 is 24.1 Å². The molecule has 8 nitrogen and oxygen atoms in total. The molecule has 1 atom stereocenters. The highest BCUT2D eigenvalue weighted by Crippen LogP contribution is 2.43. The average Bonchev–Trinajstić information content (AvgIpc) is 2.93. The van der Waals surface area contributed by atoms with E-state index in [-0.39, 0.29) is 40.8 Å². The van der Waals surface area contributed by atoms with Crippen LogP contribution in [-0.4, -0.2) is 29.9 Å². The maximum Gasteiger partial charge on any atom is 0.343 e. The summed E-state index contributed by atoms with van der Waals surface area (Å²) in [6, 6.07) is 24.4. The van der Waals surface area contributed by atoms with Gasteiger partial charge in [-0.3, -0.25) is 4.79 Å². The topological polar surface area (TPSA) is 108 Å². The number of carbonyl (C=O) groups is 3. The molecule has 1 heterocycles. The van der Waals surface area contributed by atoms with E-state index >= 15 is 0 Å². The summed E-state index contributed by atoms with van der Waals surface area (Å²) in [7, 11) is 1.45. The molecule has 0 aliphatic carbocycles. The van der Waals surface area contributed by atoms with E-state index < -0.39 is 18.0 Å². The van der Waals surface area contributed by atoms with Crippen LogP contribution in [0.2, 0.25) is 0 Å². The summed E-state index contributed by atoms with van der Waals surface area (Å²) in [5.74, 6) is -1.31. The Kier molecular flexibility index (Phi) is 6.78. The second kappa shape index (κ2) is 10.5. The molecule has 4 aromatic rings. The van der Waals surface area contributed by atoms with Gasteiger partial charge in [0.25, 0.3) is 0 Å². The standard InChI is InChI=1S/C30H22O8/c1-35-24-13-12-20(14-26(24)38-30(34)19-10-6-3-7-11-19)25-17-23(32)28-22(31)15-21(16-27(28)37-25)36-29(33)18-8-4-2-5-9-18/h2-16,25,31H,17H2,1H3/t25-/m0/s1. The number of phenolic OH excluding ortho intramolecular Hbond substituents is 1. The summed E-state index contributed by atoms with van der Waals surface area (Å²) in [4.78, 5) is 38.0. The van der Waals surface area contributed by atoms with E-state index in [1.165, 1.54) is 19.2 Å². The van der Waals surface area contributed by atoms with E-state index in [4.69, 9.17) is 18.9 Å². The summed E-state index contributed by atoms with van der Waals surface area (Å²) < 4.78 is 22.4. The first-order valence-electron chi connectivity index (χ1n) is 11.7. The van der Waals surface area contributed by atoms with Crippen molar-refractivity contribution in [3.8, 4) is 28.7 Å². The van der Waals surface area contributed by atoms with E-state index in [9.17, 15) is 19.5 Å². The van der Waals surface area contributed by atoms with Crippen LogP contribution < -0.4 is 18.9 Å². The molecule has 0 aromatic heterocycles. The molecular formula is C30H22O8. The quantitative estimate of drug-likeness (QED) is 0.266. The largest absolute Gasteiger partial charge is 0.507 e. The van der Waals surface area contributed by atoms with E-state index in [0.717, 1.165) is 0 Å². The first-order valence-corrected chi connectivity index (χ1v) is 11.7. The van der Waals surface area contributed by atoms with Gasteiger partial charge in [-0.05, 0) is 42.0 Å². The number of ketones is 1. The minimum absolute atomic E-state index is 0.00463. The van der Waals surface area contributed by atoms with Crippen LogP contribution in [0.15, 0.2) is 91.0 Å². The molecule has 4 aromatic carbocycles. The maximum atomic E-state index is 13.0. The Bertz CT molecular complexity index is 1510. The normalized spacial score (nSPS) is 14.1. The molecule has 0 amide bonds. The fourth-order valence-electron chi connectivity index (χ4n) is 4.11. The van der Waals surface area contributed by atoms with Crippen molar-refractivity contribution in [2.24, 2.45) is 0 Å². The van der Waals surface area contributed by atoms with Crippen LogP contribution in [-0.2, 0) is 0 Å². The number of rotatable bonds is 6. The third-order valence-corrected chi connectivity index (χ3v) is 5.97. The Morgan fingerprint density at radius 3 is 2.08 bits per heavy atom. The molecule has 0 saturated heterocycles. The number of hydrogen-bond donors (Lipinski definition) is 1. The van der Waals surface area contributed by atoms with Crippen LogP contribution >= 0.6 is 0 Å². The van der Waals surface area contributed by atoms with Gasteiger partial charge in [-0.25, -0.2) is 9.59 Å². The number of ether oxygens (including phenoxy) is 4. The molecule has 0 spiro atoms. The van der Waals surface area contributed by atoms with Crippen molar-refractivity contribution in [1.29, 1.82) is 0 Å². The summed E-state index contributed by atoms with van der Waals surface area (Å²) in [5.41, 5.74) is 1.25. The molecule has 0 fully saturated rings. The Balaban J connectivity index is 1.41. The van der Waals surface area contributed by atoms with Crippen molar-refractivity contribution in [3.63, 3.8) is 0 Å². The van der Waals surface area contributed by atoms with Gasteiger partial charge in [0, 0.05) is 12.1 Å². The van der Waals surface area contributed by atoms with E-state index in [1.54, 1.807) is 78.9 Å². The smallest absolute Gasteiger partial charge is 0.343 e. The highest BCUT2D eigenvalue weighted by molar-refractivity contribution is 6.03. The highest BCUT2D eigenvalue weighted by atomic mass is 16.6. The zero-order chi connectivity index (χ0) is 26.6. The van der Waals surface area contributed by atoms with Gasteiger partial charge in [0.1, 0.15) is 28.9 Å². The molecule has 0 saturated carbocycles. The van der Waals surface area contributed by atoms with Gasteiger partial charge >= 0.3 is 11.9 Å². The van der Waals surface area contributed by atoms with Crippen LogP contribution in [0.3, 0.4) is 0 Å². The first kappa shape index (κ1) is 24.6. The fraction of sp³-hybridized carbons (Fsp3) is 0.100. The van der Waals surface area contributed by atoms with E-state index in [2.05, 4.69) is 0 Å². The van der Waals surface area contributed by atoms with Crippen molar-refractivity contribution in [2.75, 3.05) is 7.11 Å². The second-order valence-corrected chi connectivity index (χ2v) is 8.47. The maximum absolute atomic E-state index is 13.0. The predicted octanol–water partition coefficient (Wildman–Crippen LogP) is 5.55. The number of fused-ring (bicyclic) bond motifs is 1. The zero-order valence-corrected chi connectivity index (χ0v) is 20.2. The Morgan fingerprint density at radius 2 is 1.45 bits per heavy atom. The van der Waals surface area contributed by atoms with E-state index in [0.29, 0.717) is 22.4 Å². The summed E-state index contributed by atoms with van der Waals surface area (Å²) >= 11 is 0. The third kappa shape index (κ3) is 5.05. The van der Waals surface area contributed by atoms with Crippen LogP contribution in [0, 0.1) is 0 Å². The Hall–Kier alpha value is -5.11. The fourth-order valence-corrected chi connectivity index (χ4v) is 4.11. The SMILES string of the molecule is COc1ccc([C@@H]2CC(=O)c3c(O)cc(OC(=O)c4ccccc4)cc3O2)cc1OC(=O)c1ccccc1. The van der Waals surface area contributed by atoms with Crippen molar-refractivity contribution < 1.29 is 38.4 Å². The van der Waals surface area contributed by atoms with Crippen molar-refractivity contribution >= 4 is 17.7 Å². The predicted molar refractivity (Wildman–Crippen MR) is 136 cm³/mol. The van der Waals surface area contributed by atoms with Gasteiger partial charge in [-0.1, -0.05) is 42.5 Å². The molecule has 1 aliphatic rings. The molecular weight excluding hydrogens is 488 g/mol. The van der Waals surface area contributed by atoms with Gasteiger partial charge in [0.2, 0.25) is 0 Å². The number of esters is 2. The second-order valence-electron chi connectivity index (χ2n) is 8.47. The lowest BCUT2D eigenvalue weighted by Gasteiger charge is -2.27. The number of benzene rings is 4. The van der Waals surface area contributed by atoms with Crippen LogP contribution in [0.4, 0.5) is 0 Å². The number of hydrogen-bond acceptors (Lipinski definition) is 8. The van der Waals surface area contributed by atoms with Gasteiger partial charge in [0.15, 0.2) is 17.3 Å². The molecule has 190 valence electrons. The lowest BCUT2D eigenvalue weighted by Crippen LogP contribution is -2.21. The Labute approximate surface area is 218 Å². The molecule has 1 N–H and O–H groups in total. The number of aromatic hydroxyl groups is 1. The zero-order valence-electron chi connectivity index (χ0n) is 20.2. The molecule has 0 bridgehead atoms. The molecule has 0 radical (unpaired) electrons. The molecule has 8 heteroatoms. The molecule has 0 unspecified atom stereocenters. The summed E-state index contributed by atoms with van der Waals surface area (Å²) in [5, 5.41) is 10.5. The number of carbonyl (C=O) groups excluding carboxylic acids is 3. The van der Waals surface area contributed by atoms with Crippen molar-refractivity contribution in [2.45, 2.75) is 12.5 Å². The van der Waals surface area contributed by atoms with Crippen molar-refractivity contribution in [1.82, 2.24) is 0 Å². The lowest BCUT2D eigenvalue weighted by atomic mass is 9.95. The number of methoxy groups -OCH3 is 1. The van der Waals surface area contributed by atoms with Crippen LogP contribution in [0.5, 0.6) is 28.7 Å². The average molecular weight is 510 g/mol. The number of Topliss-reactive ketones (excluding diaryl/α,β-unsaturated/α-hetero) is 1. The minimum atomic E-state index is -0.755. The van der Waals surface area contributed by atoms with Gasteiger partial charge in [-0.15, -0.1) is 0 Å². The lowest BCUT2D eigenvalue weighted by molar-refractivity contribution is 0.0718.